The Morgan fingerprint density at radius 2 is 2.05 bits per heavy atom. The Labute approximate surface area is 120 Å². The normalized spacial score (nSPS) is 20.2. The molecule has 1 N–H and O–H groups in total. The van der Waals surface area contributed by atoms with Gasteiger partial charge in [0.05, 0.1) is 6.61 Å². The maximum atomic E-state index is 5.13. The Morgan fingerprint density at radius 1 is 1.32 bits per heavy atom. The second-order valence-electron chi connectivity index (χ2n) is 6.72. The van der Waals surface area contributed by atoms with E-state index in [1.165, 1.54) is 51.5 Å². The first-order chi connectivity index (χ1) is 9.16. The van der Waals surface area contributed by atoms with Crippen molar-refractivity contribution in [3.05, 3.63) is 0 Å². The molecule has 1 aliphatic carbocycles. The number of unbranched alkanes of at least 4 members (excludes halogenated alkanes) is 1. The average molecular weight is 269 g/mol. The van der Waals surface area contributed by atoms with E-state index in [-0.39, 0.29) is 0 Å². The van der Waals surface area contributed by atoms with E-state index >= 15 is 0 Å². The molecule has 0 bridgehead atoms. The van der Waals surface area contributed by atoms with Gasteiger partial charge in [-0.1, -0.05) is 46.5 Å². The molecule has 0 aliphatic heterocycles. The van der Waals surface area contributed by atoms with Crippen LogP contribution in [-0.2, 0) is 4.74 Å². The predicted molar refractivity (Wildman–Crippen MR) is 83.5 cm³/mol. The lowest BCUT2D eigenvalue weighted by molar-refractivity contribution is 0.165. The van der Waals surface area contributed by atoms with E-state index in [2.05, 4.69) is 26.1 Å². The van der Waals surface area contributed by atoms with Crippen LogP contribution >= 0.6 is 0 Å². The molecular weight excluding hydrogens is 234 g/mol. The van der Waals surface area contributed by atoms with Gasteiger partial charge in [-0.2, -0.15) is 0 Å². The Kier molecular flexibility index (Phi) is 8.01. The number of ether oxygens (including phenoxy) is 1. The monoisotopic (exact) mass is 269 g/mol. The summed E-state index contributed by atoms with van der Waals surface area (Å²) >= 11 is 0. The summed E-state index contributed by atoms with van der Waals surface area (Å²) < 4.78 is 5.13. The number of methoxy groups -OCH3 is 1. The zero-order chi connectivity index (χ0) is 14.1. The topological polar surface area (TPSA) is 21.3 Å². The molecule has 0 spiro atoms. The molecule has 0 radical (unpaired) electrons. The van der Waals surface area contributed by atoms with E-state index in [0.717, 1.165) is 25.0 Å². The van der Waals surface area contributed by atoms with Gasteiger partial charge >= 0.3 is 0 Å². The fourth-order valence-corrected chi connectivity index (χ4v) is 3.31. The third-order valence-electron chi connectivity index (χ3n) is 4.87. The van der Waals surface area contributed by atoms with Crippen LogP contribution in [0.5, 0.6) is 0 Å². The lowest BCUT2D eigenvalue weighted by Gasteiger charge is -2.34. The molecule has 1 rings (SSSR count). The van der Waals surface area contributed by atoms with Crippen molar-refractivity contribution in [1.29, 1.82) is 0 Å². The van der Waals surface area contributed by atoms with Gasteiger partial charge in [0.1, 0.15) is 0 Å². The highest BCUT2D eigenvalue weighted by atomic mass is 16.5. The van der Waals surface area contributed by atoms with Gasteiger partial charge in [-0.3, -0.25) is 0 Å². The first-order valence-corrected chi connectivity index (χ1v) is 8.36. The van der Waals surface area contributed by atoms with Crippen LogP contribution in [0, 0.1) is 17.3 Å². The second kappa shape index (κ2) is 8.97. The minimum Gasteiger partial charge on any atom is -0.383 e. The number of hydrogen-bond acceptors (Lipinski definition) is 2. The zero-order valence-corrected chi connectivity index (χ0v) is 13.6. The summed E-state index contributed by atoms with van der Waals surface area (Å²) in [5.41, 5.74) is 0.516. The van der Waals surface area contributed by atoms with E-state index in [1.54, 1.807) is 7.11 Å². The third-order valence-corrected chi connectivity index (χ3v) is 4.87. The summed E-state index contributed by atoms with van der Waals surface area (Å²) in [6.45, 7) is 10.2. The van der Waals surface area contributed by atoms with Gasteiger partial charge in [0.25, 0.3) is 0 Å². The molecule has 0 aromatic rings. The number of hydrogen-bond donors (Lipinski definition) is 1. The molecule has 114 valence electrons. The van der Waals surface area contributed by atoms with Crippen LogP contribution in [-0.4, -0.2) is 26.8 Å². The van der Waals surface area contributed by atoms with Crippen molar-refractivity contribution in [2.45, 2.75) is 65.7 Å². The third kappa shape index (κ3) is 6.27. The van der Waals surface area contributed by atoms with Crippen molar-refractivity contribution in [1.82, 2.24) is 5.32 Å². The molecule has 2 nitrogen and oxygen atoms in total. The van der Waals surface area contributed by atoms with Crippen LogP contribution < -0.4 is 5.32 Å². The molecule has 19 heavy (non-hydrogen) atoms. The largest absolute Gasteiger partial charge is 0.383 e. The summed E-state index contributed by atoms with van der Waals surface area (Å²) in [6.07, 6.45) is 9.82. The summed E-state index contributed by atoms with van der Waals surface area (Å²) in [7, 11) is 1.78. The Balaban J connectivity index is 2.40. The summed E-state index contributed by atoms with van der Waals surface area (Å²) in [5.74, 6) is 1.90. The highest BCUT2D eigenvalue weighted by Gasteiger charge is 2.41. The average Bonchev–Trinajstić information content (AvgIpc) is 3.24. The molecule has 1 fully saturated rings. The van der Waals surface area contributed by atoms with Crippen LogP contribution in [0.2, 0.25) is 0 Å². The Hall–Kier alpha value is -0.0800. The van der Waals surface area contributed by atoms with E-state index < -0.39 is 0 Å². The standard InChI is InChI=1S/C17H35NO/c1-5-7-8-15(6-2)13-17(3,16-9-10-16)14-18-11-12-19-4/h15-16,18H,5-14H2,1-4H3. The lowest BCUT2D eigenvalue weighted by atomic mass is 9.74. The summed E-state index contributed by atoms with van der Waals surface area (Å²) in [4.78, 5) is 0. The van der Waals surface area contributed by atoms with Crippen molar-refractivity contribution in [2.75, 3.05) is 26.8 Å². The van der Waals surface area contributed by atoms with Gasteiger partial charge in [0.2, 0.25) is 0 Å². The van der Waals surface area contributed by atoms with Crippen LogP contribution in [0.15, 0.2) is 0 Å². The minimum absolute atomic E-state index is 0.516. The van der Waals surface area contributed by atoms with Crippen molar-refractivity contribution >= 4 is 0 Å². The highest BCUT2D eigenvalue weighted by molar-refractivity contribution is 4.93. The number of rotatable bonds is 12. The quantitative estimate of drug-likeness (QED) is 0.535. The highest BCUT2D eigenvalue weighted by Crippen LogP contribution is 2.49. The molecule has 2 atom stereocenters. The van der Waals surface area contributed by atoms with Gasteiger partial charge in [-0.25, -0.2) is 0 Å². The molecule has 1 aliphatic rings. The first kappa shape index (κ1) is 17.0. The van der Waals surface area contributed by atoms with Gasteiger partial charge in [-0.05, 0) is 36.5 Å². The number of nitrogens with one attached hydrogen (secondary N) is 1. The van der Waals surface area contributed by atoms with Gasteiger partial charge in [-0.15, -0.1) is 0 Å². The molecule has 1 saturated carbocycles. The molecule has 0 heterocycles. The fraction of sp³-hybridized carbons (Fsp3) is 1.00. The zero-order valence-electron chi connectivity index (χ0n) is 13.6. The summed E-state index contributed by atoms with van der Waals surface area (Å²) in [6, 6.07) is 0. The minimum atomic E-state index is 0.516. The van der Waals surface area contributed by atoms with E-state index in [4.69, 9.17) is 4.74 Å². The lowest BCUT2D eigenvalue weighted by Crippen LogP contribution is -2.36. The van der Waals surface area contributed by atoms with Crippen molar-refractivity contribution in [3.63, 3.8) is 0 Å². The Bertz CT molecular complexity index is 227. The predicted octanol–water partition coefficient (Wildman–Crippen LogP) is 4.25. The van der Waals surface area contributed by atoms with Crippen LogP contribution in [0.25, 0.3) is 0 Å². The van der Waals surface area contributed by atoms with Crippen LogP contribution in [0.1, 0.15) is 65.7 Å². The van der Waals surface area contributed by atoms with Crippen LogP contribution in [0.3, 0.4) is 0 Å². The maximum Gasteiger partial charge on any atom is 0.0587 e. The fourth-order valence-electron chi connectivity index (χ4n) is 3.31. The SMILES string of the molecule is CCCCC(CC)CC(C)(CNCCOC)C1CC1. The smallest absolute Gasteiger partial charge is 0.0587 e. The van der Waals surface area contributed by atoms with E-state index in [9.17, 15) is 0 Å². The van der Waals surface area contributed by atoms with Gasteiger partial charge < -0.3 is 10.1 Å². The second-order valence-corrected chi connectivity index (χ2v) is 6.72. The summed E-state index contributed by atoms with van der Waals surface area (Å²) in [5, 5.41) is 3.61. The van der Waals surface area contributed by atoms with Crippen molar-refractivity contribution in [2.24, 2.45) is 17.3 Å². The van der Waals surface area contributed by atoms with E-state index in [0.29, 0.717) is 5.41 Å². The van der Waals surface area contributed by atoms with Crippen LogP contribution in [0.4, 0.5) is 0 Å². The molecular formula is C17H35NO. The van der Waals surface area contributed by atoms with Crippen molar-refractivity contribution < 1.29 is 4.74 Å². The molecule has 0 saturated heterocycles. The first-order valence-electron chi connectivity index (χ1n) is 8.36. The molecule has 2 unspecified atom stereocenters. The molecule has 0 aromatic heterocycles. The molecule has 0 aromatic carbocycles. The van der Waals surface area contributed by atoms with Gasteiger partial charge in [0.15, 0.2) is 0 Å². The molecule has 0 amide bonds. The maximum absolute atomic E-state index is 5.13. The van der Waals surface area contributed by atoms with Crippen molar-refractivity contribution in [3.8, 4) is 0 Å². The van der Waals surface area contributed by atoms with Gasteiger partial charge in [0, 0.05) is 20.2 Å². The van der Waals surface area contributed by atoms with E-state index in [1.807, 2.05) is 0 Å². The Morgan fingerprint density at radius 3 is 2.58 bits per heavy atom. The molecule has 2 heteroatoms.